The van der Waals surface area contributed by atoms with Crippen molar-refractivity contribution in [3.63, 3.8) is 0 Å². The molecule has 1 N–H and O–H groups in total. The van der Waals surface area contributed by atoms with E-state index in [0.29, 0.717) is 6.61 Å². The Balaban J connectivity index is 1.56. The van der Waals surface area contributed by atoms with Crippen LogP contribution in [-0.4, -0.2) is 64.5 Å². The van der Waals surface area contributed by atoms with Crippen molar-refractivity contribution in [3.8, 4) is 0 Å². The first-order valence-corrected chi connectivity index (χ1v) is 9.96. The summed E-state index contributed by atoms with van der Waals surface area (Å²) >= 11 is 0. The van der Waals surface area contributed by atoms with Crippen LogP contribution in [0.2, 0.25) is 0 Å². The van der Waals surface area contributed by atoms with E-state index in [1.54, 1.807) is 19.2 Å². The number of halogens is 1. The van der Waals surface area contributed by atoms with Gasteiger partial charge in [-0.15, -0.1) is 0 Å². The molecule has 150 valence electrons. The molecule has 1 aliphatic carbocycles. The summed E-state index contributed by atoms with van der Waals surface area (Å²) in [5, 5.41) is 3.53. The smallest absolute Gasteiger partial charge is 0.193 e. The molecule has 1 heterocycles. The summed E-state index contributed by atoms with van der Waals surface area (Å²) < 4.78 is 24.7. The van der Waals surface area contributed by atoms with Crippen LogP contribution in [0.15, 0.2) is 29.3 Å². The van der Waals surface area contributed by atoms with Gasteiger partial charge < -0.3 is 19.7 Å². The number of nitrogens with zero attached hydrogens (tertiary/aromatic N) is 2. The predicted molar refractivity (Wildman–Crippen MR) is 106 cm³/mol. The molecule has 0 spiro atoms. The van der Waals surface area contributed by atoms with E-state index in [1.165, 1.54) is 12.8 Å². The Morgan fingerprint density at radius 2 is 2.00 bits per heavy atom. The molecule has 0 amide bonds. The first kappa shape index (κ1) is 20.1. The highest BCUT2D eigenvalue weighted by molar-refractivity contribution is 5.79. The fraction of sp³-hybridized carbons (Fsp3) is 0.667. The predicted octanol–water partition coefficient (Wildman–Crippen LogP) is 2.81. The Kier molecular flexibility index (Phi) is 7.07. The minimum atomic E-state index is -0.198. The van der Waals surface area contributed by atoms with E-state index in [0.717, 1.165) is 63.2 Å². The van der Waals surface area contributed by atoms with Crippen molar-refractivity contribution in [2.24, 2.45) is 10.9 Å². The standard InChI is InChI=1S/C21H32FN3O2/c1-23-20(25(2)11-14-27-15-17-3-4-17)24-16-21(9-12-26-13-10-21)18-5-7-19(22)8-6-18/h5-8,17H,3-4,9-16H2,1-2H3,(H,23,24). The highest BCUT2D eigenvalue weighted by Crippen LogP contribution is 2.34. The molecule has 3 rings (SSSR count). The molecular weight excluding hydrogens is 345 g/mol. The summed E-state index contributed by atoms with van der Waals surface area (Å²) in [7, 11) is 3.84. The van der Waals surface area contributed by atoms with E-state index in [2.05, 4.69) is 15.2 Å². The molecule has 1 aliphatic heterocycles. The van der Waals surface area contributed by atoms with E-state index < -0.39 is 0 Å². The highest BCUT2D eigenvalue weighted by Gasteiger charge is 2.35. The second-order valence-electron chi connectivity index (χ2n) is 7.74. The van der Waals surface area contributed by atoms with Crippen molar-refractivity contribution in [2.45, 2.75) is 31.1 Å². The van der Waals surface area contributed by atoms with Crippen LogP contribution < -0.4 is 5.32 Å². The number of hydrogen-bond donors (Lipinski definition) is 1. The topological polar surface area (TPSA) is 46.1 Å². The average Bonchev–Trinajstić information content (AvgIpc) is 3.51. The third kappa shape index (κ3) is 5.66. The maximum Gasteiger partial charge on any atom is 0.193 e. The number of hydrogen-bond acceptors (Lipinski definition) is 3. The lowest BCUT2D eigenvalue weighted by atomic mass is 9.74. The molecule has 0 bridgehead atoms. The Hall–Kier alpha value is -1.66. The number of likely N-dealkylation sites (N-methyl/N-ethyl adjacent to an activating group) is 1. The number of guanidine groups is 1. The molecule has 1 saturated carbocycles. The molecule has 6 heteroatoms. The molecule has 0 radical (unpaired) electrons. The minimum absolute atomic E-state index is 0.0643. The minimum Gasteiger partial charge on any atom is -0.381 e. The van der Waals surface area contributed by atoms with Gasteiger partial charge in [-0.25, -0.2) is 4.39 Å². The van der Waals surface area contributed by atoms with Crippen LogP contribution in [0.5, 0.6) is 0 Å². The molecule has 27 heavy (non-hydrogen) atoms. The third-order valence-corrected chi connectivity index (χ3v) is 5.69. The van der Waals surface area contributed by atoms with Gasteiger partial charge in [0.1, 0.15) is 5.82 Å². The molecule has 0 unspecified atom stereocenters. The van der Waals surface area contributed by atoms with Gasteiger partial charge in [-0.05, 0) is 49.3 Å². The van der Waals surface area contributed by atoms with Gasteiger partial charge >= 0.3 is 0 Å². The number of benzene rings is 1. The lowest BCUT2D eigenvalue weighted by Crippen LogP contribution is -2.49. The molecule has 1 aromatic rings. The van der Waals surface area contributed by atoms with Gasteiger partial charge in [0.2, 0.25) is 0 Å². The zero-order chi connectivity index (χ0) is 19.1. The summed E-state index contributed by atoms with van der Waals surface area (Å²) in [4.78, 5) is 6.52. The Morgan fingerprint density at radius 1 is 1.30 bits per heavy atom. The molecule has 1 saturated heterocycles. The number of aliphatic imine (C=N–C) groups is 1. The highest BCUT2D eigenvalue weighted by atomic mass is 19.1. The fourth-order valence-corrected chi connectivity index (χ4v) is 3.61. The molecule has 0 atom stereocenters. The molecule has 1 aromatic carbocycles. The zero-order valence-corrected chi connectivity index (χ0v) is 16.5. The monoisotopic (exact) mass is 377 g/mol. The third-order valence-electron chi connectivity index (χ3n) is 5.69. The van der Waals surface area contributed by atoms with Gasteiger partial charge in [-0.1, -0.05) is 12.1 Å². The number of rotatable bonds is 8. The van der Waals surface area contributed by atoms with E-state index in [4.69, 9.17) is 9.47 Å². The van der Waals surface area contributed by atoms with Crippen molar-refractivity contribution in [1.29, 1.82) is 0 Å². The summed E-state index contributed by atoms with van der Waals surface area (Å²) in [6.45, 7) is 4.60. The largest absolute Gasteiger partial charge is 0.381 e. The first-order valence-electron chi connectivity index (χ1n) is 9.96. The van der Waals surface area contributed by atoms with Crippen LogP contribution in [0.4, 0.5) is 4.39 Å². The van der Waals surface area contributed by atoms with Crippen LogP contribution in [0, 0.1) is 11.7 Å². The van der Waals surface area contributed by atoms with Crippen LogP contribution in [0.1, 0.15) is 31.2 Å². The van der Waals surface area contributed by atoms with Gasteiger partial charge in [0.25, 0.3) is 0 Å². The number of ether oxygens (including phenoxy) is 2. The van der Waals surface area contributed by atoms with Crippen LogP contribution in [0.25, 0.3) is 0 Å². The van der Waals surface area contributed by atoms with Crippen LogP contribution in [-0.2, 0) is 14.9 Å². The lowest BCUT2D eigenvalue weighted by molar-refractivity contribution is 0.0511. The van der Waals surface area contributed by atoms with E-state index >= 15 is 0 Å². The second kappa shape index (κ2) is 9.51. The molecule has 0 aromatic heterocycles. The Bertz CT molecular complexity index is 610. The van der Waals surface area contributed by atoms with Crippen molar-refractivity contribution < 1.29 is 13.9 Å². The van der Waals surface area contributed by atoms with E-state index in [1.807, 2.05) is 19.2 Å². The molecule has 2 aliphatic rings. The molecular formula is C21H32FN3O2. The molecule has 5 nitrogen and oxygen atoms in total. The van der Waals surface area contributed by atoms with E-state index in [9.17, 15) is 4.39 Å². The van der Waals surface area contributed by atoms with Gasteiger partial charge in [0.15, 0.2) is 5.96 Å². The van der Waals surface area contributed by atoms with Crippen LogP contribution in [0.3, 0.4) is 0 Å². The fourth-order valence-electron chi connectivity index (χ4n) is 3.61. The van der Waals surface area contributed by atoms with Crippen molar-refractivity contribution in [1.82, 2.24) is 10.2 Å². The van der Waals surface area contributed by atoms with Gasteiger partial charge in [0.05, 0.1) is 6.61 Å². The number of nitrogens with one attached hydrogen (secondary N) is 1. The summed E-state index contributed by atoms with van der Waals surface area (Å²) in [5.74, 6) is 1.45. The maximum atomic E-state index is 13.4. The maximum absolute atomic E-state index is 13.4. The van der Waals surface area contributed by atoms with Gasteiger partial charge in [-0.3, -0.25) is 4.99 Å². The SMILES string of the molecule is CN=C(NCC1(c2ccc(F)cc2)CCOCC1)N(C)CCOCC1CC1. The Morgan fingerprint density at radius 3 is 2.63 bits per heavy atom. The van der Waals surface area contributed by atoms with Crippen molar-refractivity contribution in [2.75, 3.05) is 53.6 Å². The van der Waals surface area contributed by atoms with E-state index in [-0.39, 0.29) is 11.2 Å². The summed E-state index contributed by atoms with van der Waals surface area (Å²) in [6, 6.07) is 6.90. The summed E-state index contributed by atoms with van der Waals surface area (Å²) in [5.41, 5.74) is 1.09. The van der Waals surface area contributed by atoms with Crippen LogP contribution >= 0.6 is 0 Å². The lowest BCUT2D eigenvalue weighted by Gasteiger charge is -2.39. The normalized spacial score (nSPS) is 19.7. The molecule has 2 fully saturated rings. The van der Waals surface area contributed by atoms with Gasteiger partial charge in [-0.2, -0.15) is 0 Å². The first-order chi connectivity index (χ1) is 13.1. The van der Waals surface area contributed by atoms with Gasteiger partial charge in [0, 0.05) is 52.4 Å². The average molecular weight is 378 g/mol. The summed E-state index contributed by atoms with van der Waals surface area (Å²) in [6.07, 6.45) is 4.45. The quantitative estimate of drug-likeness (QED) is 0.430. The Labute approximate surface area is 161 Å². The zero-order valence-electron chi connectivity index (χ0n) is 16.5. The van der Waals surface area contributed by atoms with Crippen molar-refractivity contribution >= 4 is 5.96 Å². The second-order valence-corrected chi connectivity index (χ2v) is 7.74. The van der Waals surface area contributed by atoms with Crippen molar-refractivity contribution in [3.05, 3.63) is 35.6 Å².